The highest BCUT2D eigenvalue weighted by atomic mass is 15.2. The summed E-state index contributed by atoms with van der Waals surface area (Å²) in [4.78, 5) is 4.49. The van der Waals surface area contributed by atoms with E-state index < -0.39 is 5.84 Å². The largest absolute Gasteiger partial charge is 0.369 e. The van der Waals surface area contributed by atoms with Crippen LogP contribution in [-0.2, 0) is 0 Å². The van der Waals surface area contributed by atoms with Crippen molar-refractivity contribution in [3.63, 3.8) is 0 Å². The van der Waals surface area contributed by atoms with Gasteiger partial charge in [-0.1, -0.05) is 61.3 Å². The first-order valence-corrected chi connectivity index (χ1v) is 15.7. The van der Waals surface area contributed by atoms with E-state index in [4.69, 9.17) is 123 Å². The van der Waals surface area contributed by atoms with Gasteiger partial charge in [-0.25, -0.2) is 0 Å². The van der Waals surface area contributed by atoms with Crippen LogP contribution in [0.4, 0.5) is 0 Å². The number of fused-ring (bicyclic) bond motifs is 6. The minimum absolute atomic E-state index is 0.00543. The van der Waals surface area contributed by atoms with E-state index in [0.29, 0.717) is 0 Å². The Labute approximate surface area is 331 Å². The third-order valence-electron chi connectivity index (χ3n) is 9.85. The summed E-state index contributed by atoms with van der Waals surface area (Å²) in [6.45, 7) is 0. The molecule has 21 heteroatoms. The molecule has 5 aromatic carbocycles. The Morgan fingerprint density at radius 1 is 0.519 bits per heavy atom. The van der Waals surface area contributed by atoms with Crippen molar-refractivity contribution >= 4 is 255 Å². The predicted molar refractivity (Wildman–Crippen MR) is 240 cm³/mol. The normalized spacial score (nSPS) is 11.9. The van der Waals surface area contributed by atoms with Crippen molar-refractivity contribution in [2.75, 3.05) is 0 Å². The third-order valence-corrected chi connectivity index (χ3v) is 9.85. The summed E-state index contributed by atoms with van der Waals surface area (Å²) in [5, 5.41) is 20.3. The first-order chi connectivity index (χ1) is 25.4. The fourth-order valence-corrected chi connectivity index (χ4v) is 7.09. The monoisotopic (exact) mass is 652 g/mol. The predicted octanol–water partition coefficient (Wildman–Crippen LogP) is -11.1. The Kier molecular flexibility index (Phi) is 9.03. The van der Waals surface area contributed by atoms with Crippen LogP contribution in [0.3, 0.4) is 0 Å². The van der Waals surface area contributed by atoms with E-state index >= 15 is 0 Å². The van der Waals surface area contributed by atoms with Gasteiger partial charge in [0.1, 0.15) is 118 Å². The second kappa shape index (κ2) is 13.0. The summed E-state index contributed by atoms with van der Waals surface area (Å²) < 4.78 is 2.87. The van der Waals surface area contributed by atoms with Gasteiger partial charge in [0.25, 0.3) is 0 Å². The topological polar surface area (TPSA) is 95.9 Å². The van der Waals surface area contributed by atoms with Crippen molar-refractivity contribution in [3.8, 4) is 11.8 Å². The maximum Gasteiger partial charge on any atom is 0.207 e. The van der Waals surface area contributed by atoms with Gasteiger partial charge in [0.15, 0.2) is 5.84 Å². The van der Waals surface area contributed by atoms with Crippen LogP contribution in [0.1, 0.15) is 11.1 Å². The van der Waals surface area contributed by atoms with Crippen LogP contribution >= 0.6 is 0 Å². The van der Waals surface area contributed by atoms with Gasteiger partial charge in [-0.15, -0.1) is 32.8 Å². The second-order valence-corrected chi connectivity index (χ2v) is 12.6. The molecule has 6 nitrogen and oxygen atoms in total. The molecule has 7 aromatic rings. The minimum atomic E-state index is -0.407. The van der Waals surface area contributed by atoms with E-state index in [9.17, 15) is 10.7 Å². The van der Waals surface area contributed by atoms with Crippen molar-refractivity contribution in [2.45, 2.75) is 0 Å². The van der Waals surface area contributed by atoms with Crippen LogP contribution in [0.15, 0.2) is 29.3 Å². The van der Waals surface area contributed by atoms with Crippen LogP contribution in [-0.4, -0.2) is 139 Å². The minimum Gasteiger partial charge on any atom is -0.369 e. The van der Waals surface area contributed by atoms with Crippen molar-refractivity contribution in [1.82, 2.24) is 9.13 Å². The van der Waals surface area contributed by atoms with Gasteiger partial charge in [-0.2, -0.15) is 10.3 Å². The Morgan fingerprint density at radius 2 is 0.889 bits per heavy atom. The fraction of sp³-hybridized carbons (Fsp3) is 0. The molecule has 2 heterocycles. The lowest BCUT2D eigenvalue weighted by atomic mass is 9.63. The van der Waals surface area contributed by atoms with Gasteiger partial charge in [0.05, 0.1) is 11.8 Å². The van der Waals surface area contributed by atoms with Gasteiger partial charge in [0.2, 0.25) is 5.96 Å². The van der Waals surface area contributed by atoms with Gasteiger partial charge >= 0.3 is 0 Å². The molecule has 0 aliphatic heterocycles. The molecule has 0 atom stereocenters. The number of hydrogen-bond donors (Lipinski definition) is 2. The molecular formula is C33H7B15N6. The number of aromatic nitrogens is 2. The fourth-order valence-electron chi connectivity index (χ4n) is 7.09. The van der Waals surface area contributed by atoms with Crippen LogP contribution in [0.2, 0.25) is 0 Å². The van der Waals surface area contributed by atoms with Crippen LogP contribution in [0, 0.1) is 16.7 Å². The zero-order valence-corrected chi connectivity index (χ0v) is 28.3. The number of nitrogens with two attached hydrogens (primary N) is 1. The Morgan fingerprint density at radius 3 is 1.35 bits per heavy atom. The lowest BCUT2D eigenvalue weighted by molar-refractivity contribution is 1.17. The molecule has 0 amide bonds. The molecule has 0 bridgehead atoms. The van der Waals surface area contributed by atoms with Gasteiger partial charge in [0, 0.05) is 33.2 Å². The summed E-state index contributed by atoms with van der Waals surface area (Å²) in [6, 6.07) is 8.55. The van der Waals surface area contributed by atoms with Gasteiger partial charge < -0.3 is 10.3 Å². The standard InChI is InChI=1S/C33H7B15N6/c34-13-7(5-49)14(35)28-9(15(13)36)10-16(37)19(40)22(43)25(46)29(10)53(28)8-4-2-1-3-6(8)32(50)52-33(51)54-30-11(17(38)20(41)23(44)26(30)47)12-18(39)21(42)24(45)27(48)31(12)54/h1-4H,(H3,50,51,52). The number of aliphatic imine (C=N–C) groups is 1. The zero-order chi connectivity index (χ0) is 39.6. The molecule has 0 aliphatic carbocycles. The number of benzene rings is 5. The molecular weight excluding hydrogens is 643 g/mol. The molecule has 0 fully saturated rings. The van der Waals surface area contributed by atoms with Crippen molar-refractivity contribution in [3.05, 3.63) is 35.4 Å². The highest BCUT2D eigenvalue weighted by Crippen LogP contribution is 2.30. The maximum absolute atomic E-state index is 10.0. The highest BCUT2D eigenvalue weighted by Gasteiger charge is 2.27. The van der Waals surface area contributed by atoms with Crippen molar-refractivity contribution in [1.29, 1.82) is 10.7 Å². The molecule has 0 saturated heterocycles. The molecule has 3 N–H and O–H groups in total. The number of hydrogen-bond acceptors (Lipinski definition) is 2. The molecule has 7 rings (SSSR count). The average Bonchev–Trinajstić information content (AvgIpc) is 3.71. The number of para-hydroxylation sites is 1. The second-order valence-electron chi connectivity index (χ2n) is 12.6. The number of amidine groups is 1. The highest BCUT2D eigenvalue weighted by molar-refractivity contribution is 6.72. The molecule has 2 aromatic heterocycles. The summed E-state index contributed by atoms with van der Waals surface area (Å²) in [5.74, 6) is -0.748. The summed E-state index contributed by atoms with van der Waals surface area (Å²) in [6.07, 6.45) is 0. The van der Waals surface area contributed by atoms with E-state index in [0.717, 1.165) is 0 Å². The van der Waals surface area contributed by atoms with Crippen molar-refractivity contribution in [2.24, 2.45) is 10.7 Å². The number of nitrogens with zero attached hydrogens (tertiary/aromatic N) is 4. The Bertz CT molecular complexity index is 2920. The quantitative estimate of drug-likeness (QED) is 0.111. The van der Waals surface area contributed by atoms with E-state index in [-0.39, 0.29) is 148 Å². The number of nitrogens with one attached hydrogen (secondary N) is 1. The van der Waals surface area contributed by atoms with Crippen LogP contribution < -0.4 is 87.7 Å². The smallest absolute Gasteiger partial charge is 0.207 e. The third kappa shape index (κ3) is 4.87. The number of nitriles is 1. The lowest BCUT2D eigenvalue weighted by Gasteiger charge is -2.19. The molecule has 30 radical (unpaired) electrons. The van der Waals surface area contributed by atoms with Crippen LogP contribution in [0.25, 0.3) is 49.3 Å². The molecule has 0 spiro atoms. The zero-order valence-electron chi connectivity index (χ0n) is 28.3. The van der Waals surface area contributed by atoms with E-state index in [1.165, 1.54) is 4.57 Å². The van der Waals surface area contributed by atoms with Crippen LogP contribution in [0.5, 0.6) is 0 Å². The SMILES string of the molecule is [B]c1c([B])c([B])c2c(c1[B])c1c([B])c([B])c([B])c([B])c1n2C(N)=NC(=N)c1ccccc1-n1c2c([B])c([B])c([B])c([B])c2c2c([B])c([B])c(C#N)c([B])c21. The number of rotatable bonds is 2. The van der Waals surface area contributed by atoms with E-state index in [2.05, 4.69) is 4.99 Å². The molecule has 214 valence electrons. The van der Waals surface area contributed by atoms with Gasteiger partial charge in [-0.3, -0.25) is 9.98 Å². The molecule has 0 aliphatic rings. The molecule has 54 heavy (non-hydrogen) atoms. The maximum atomic E-state index is 10.0. The molecule has 0 unspecified atom stereocenters. The van der Waals surface area contributed by atoms with Crippen molar-refractivity contribution < 1.29 is 0 Å². The summed E-state index contributed by atoms with van der Waals surface area (Å²) in [5.41, 5.74) is 7.40. The molecule has 0 saturated carbocycles. The summed E-state index contributed by atoms with van der Waals surface area (Å²) >= 11 is 0. The Balaban J connectivity index is 1.59. The van der Waals surface area contributed by atoms with E-state index in [1.807, 2.05) is 6.07 Å². The average molecular weight is 650 g/mol. The van der Waals surface area contributed by atoms with Gasteiger partial charge in [-0.05, 0) is 33.7 Å². The first kappa shape index (κ1) is 37.6. The lowest BCUT2D eigenvalue weighted by Crippen LogP contribution is -2.49. The van der Waals surface area contributed by atoms with E-state index in [1.54, 1.807) is 28.8 Å². The first-order valence-electron chi connectivity index (χ1n) is 15.7. The summed E-state index contributed by atoms with van der Waals surface area (Å²) in [7, 11) is 96.3. The Hall–Kier alpha value is -4.70.